The lowest BCUT2D eigenvalue weighted by Gasteiger charge is -2.24. The third kappa shape index (κ3) is 4.21. The molecule has 160 valence electrons. The van der Waals surface area contributed by atoms with Crippen LogP contribution in [-0.2, 0) is 11.2 Å². The number of carbonyl (C=O) groups excluding carboxylic acids is 1. The van der Waals surface area contributed by atoms with E-state index in [4.69, 9.17) is 11.6 Å². The van der Waals surface area contributed by atoms with Gasteiger partial charge in [0.15, 0.2) is 0 Å². The van der Waals surface area contributed by atoms with Crippen molar-refractivity contribution in [3.63, 3.8) is 0 Å². The molecule has 2 fully saturated rings. The van der Waals surface area contributed by atoms with Gasteiger partial charge in [0.25, 0.3) is 0 Å². The molecule has 2 aliphatic carbocycles. The first-order chi connectivity index (χ1) is 14.9. The predicted molar refractivity (Wildman–Crippen MR) is 117 cm³/mol. The van der Waals surface area contributed by atoms with Crippen LogP contribution in [0.4, 0.5) is 4.39 Å². The van der Waals surface area contributed by atoms with E-state index in [0.717, 1.165) is 29.3 Å². The molecule has 3 aromatic rings. The van der Waals surface area contributed by atoms with Crippen LogP contribution in [0.1, 0.15) is 49.3 Å². The van der Waals surface area contributed by atoms with Crippen molar-refractivity contribution in [1.82, 2.24) is 9.97 Å². The number of ketones is 1. The molecule has 4 nitrogen and oxygen atoms in total. The minimum atomic E-state index is -0.934. The normalized spacial score (nSPS) is 27.5. The number of rotatable bonds is 5. The lowest BCUT2D eigenvalue weighted by molar-refractivity contribution is -0.123. The molecule has 2 unspecified atom stereocenters. The van der Waals surface area contributed by atoms with Crippen molar-refractivity contribution in [3.8, 4) is 0 Å². The number of hydrogen-bond acceptors (Lipinski definition) is 4. The van der Waals surface area contributed by atoms with E-state index in [2.05, 4.69) is 9.97 Å². The zero-order valence-corrected chi connectivity index (χ0v) is 17.9. The van der Waals surface area contributed by atoms with Gasteiger partial charge in [-0.15, -0.1) is 0 Å². The molecular formula is C25H24ClFN2O2. The van der Waals surface area contributed by atoms with Gasteiger partial charge in [0.1, 0.15) is 11.6 Å². The molecule has 2 aromatic heterocycles. The Kier molecular flexibility index (Phi) is 5.27. The maximum absolute atomic E-state index is 13.8. The molecule has 5 rings (SSSR count). The first-order valence-electron chi connectivity index (χ1n) is 10.8. The zero-order valence-electron chi connectivity index (χ0n) is 17.1. The van der Waals surface area contributed by atoms with Gasteiger partial charge in [-0.1, -0.05) is 11.6 Å². The van der Waals surface area contributed by atoms with E-state index >= 15 is 0 Å². The Morgan fingerprint density at radius 2 is 1.90 bits per heavy atom. The summed E-state index contributed by atoms with van der Waals surface area (Å²) in [6.07, 6.45) is 6.91. The fraction of sp³-hybridized carbons (Fsp3) is 0.400. The van der Waals surface area contributed by atoms with Crippen molar-refractivity contribution in [2.24, 2.45) is 11.8 Å². The Hall–Kier alpha value is -2.37. The average Bonchev–Trinajstić information content (AvgIpc) is 3.23. The van der Waals surface area contributed by atoms with Gasteiger partial charge in [-0.25, -0.2) is 4.39 Å². The summed E-state index contributed by atoms with van der Waals surface area (Å²) in [5.74, 6) is 0.856. The fourth-order valence-electron chi connectivity index (χ4n) is 5.81. The number of benzene rings is 1. The fourth-order valence-corrected chi connectivity index (χ4v) is 5.92. The van der Waals surface area contributed by atoms with Crippen molar-refractivity contribution in [3.05, 3.63) is 70.9 Å². The van der Waals surface area contributed by atoms with E-state index in [0.29, 0.717) is 41.3 Å². The smallest absolute Gasteiger partial charge is 0.141 e. The summed E-state index contributed by atoms with van der Waals surface area (Å²) in [7, 11) is 0. The molecule has 2 heterocycles. The van der Waals surface area contributed by atoms with Crippen molar-refractivity contribution >= 4 is 28.3 Å². The summed E-state index contributed by atoms with van der Waals surface area (Å²) < 4.78 is 13.8. The topological polar surface area (TPSA) is 63.1 Å². The number of hydrogen-bond donors (Lipinski definition) is 1. The molecule has 4 atom stereocenters. The summed E-state index contributed by atoms with van der Waals surface area (Å²) in [5.41, 5.74) is 1.70. The van der Waals surface area contributed by atoms with Crippen LogP contribution in [0.3, 0.4) is 0 Å². The van der Waals surface area contributed by atoms with E-state index in [9.17, 15) is 14.3 Å². The molecule has 0 amide bonds. The Labute approximate surface area is 185 Å². The highest BCUT2D eigenvalue weighted by Gasteiger charge is 2.49. The van der Waals surface area contributed by atoms with Crippen LogP contribution in [0.5, 0.6) is 0 Å². The van der Waals surface area contributed by atoms with E-state index in [-0.39, 0.29) is 24.4 Å². The molecular weight excluding hydrogens is 415 g/mol. The van der Waals surface area contributed by atoms with Gasteiger partial charge in [0.2, 0.25) is 0 Å². The Morgan fingerprint density at radius 1 is 1.13 bits per heavy atom. The number of aromatic nitrogens is 2. The van der Waals surface area contributed by atoms with E-state index in [1.807, 2.05) is 6.07 Å². The predicted octanol–water partition coefficient (Wildman–Crippen LogP) is 5.26. The second-order valence-corrected chi connectivity index (χ2v) is 9.68. The highest BCUT2D eigenvalue weighted by atomic mass is 35.5. The monoisotopic (exact) mass is 438 g/mol. The SMILES string of the molecule is O=C(Cc1ccc(Cl)cn1)CC1(O)C[C@H]2CC(c3ccnc4ccc(F)cc34)C[C@H]2C1. The Morgan fingerprint density at radius 3 is 2.61 bits per heavy atom. The largest absolute Gasteiger partial charge is 0.389 e. The van der Waals surface area contributed by atoms with Crippen molar-refractivity contribution < 1.29 is 14.3 Å². The van der Waals surface area contributed by atoms with Crippen LogP contribution < -0.4 is 0 Å². The van der Waals surface area contributed by atoms with E-state index in [1.165, 1.54) is 12.3 Å². The molecule has 0 spiro atoms. The zero-order chi connectivity index (χ0) is 21.6. The maximum atomic E-state index is 13.8. The number of nitrogens with zero attached hydrogens (tertiary/aromatic N) is 2. The molecule has 1 aromatic carbocycles. The molecule has 31 heavy (non-hydrogen) atoms. The van der Waals surface area contributed by atoms with Gasteiger partial charge in [-0.05, 0) is 85.4 Å². The number of carbonyl (C=O) groups is 1. The van der Waals surface area contributed by atoms with Crippen molar-refractivity contribution in [2.75, 3.05) is 0 Å². The molecule has 6 heteroatoms. The number of pyridine rings is 2. The van der Waals surface area contributed by atoms with Gasteiger partial charge in [0.05, 0.1) is 16.1 Å². The van der Waals surface area contributed by atoms with Gasteiger partial charge in [-0.2, -0.15) is 0 Å². The summed E-state index contributed by atoms with van der Waals surface area (Å²) in [6.45, 7) is 0. The van der Waals surface area contributed by atoms with Gasteiger partial charge in [0, 0.05) is 36.3 Å². The van der Waals surface area contributed by atoms with Crippen LogP contribution in [-0.4, -0.2) is 26.5 Å². The van der Waals surface area contributed by atoms with Crippen molar-refractivity contribution in [2.45, 2.75) is 50.0 Å². The van der Waals surface area contributed by atoms with Crippen LogP contribution in [0, 0.1) is 17.7 Å². The molecule has 2 aliphatic rings. The molecule has 0 bridgehead atoms. The highest BCUT2D eigenvalue weighted by Crippen LogP contribution is 2.55. The minimum absolute atomic E-state index is 0.00412. The summed E-state index contributed by atoms with van der Waals surface area (Å²) in [5, 5.41) is 12.6. The van der Waals surface area contributed by atoms with Gasteiger partial charge >= 0.3 is 0 Å². The molecule has 2 saturated carbocycles. The van der Waals surface area contributed by atoms with Crippen LogP contribution in [0.15, 0.2) is 48.8 Å². The van der Waals surface area contributed by atoms with Crippen LogP contribution in [0.2, 0.25) is 5.02 Å². The number of halogens is 2. The third-order valence-electron chi connectivity index (χ3n) is 7.00. The summed E-state index contributed by atoms with van der Waals surface area (Å²) in [6, 6.07) is 10.2. The van der Waals surface area contributed by atoms with Crippen molar-refractivity contribution in [1.29, 1.82) is 0 Å². The summed E-state index contributed by atoms with van der Waals surface area (Å²) in [4.78, 5) is 21.1. The van der Waals surface area contributed by atoms with Crippen LogP contribution in [0.25, 0.3) is 10.9 Å². The van der Waals surface area contributed by atoms with Gasteiger partial charge in [-0.3, -0.25) is 14.8 Å². The second-order valence-electron chi connectivity index (χ2n) is 9.24. The Bertz CT molecular complexity index is 1120. The highest BCUT2D eigenvalue weighted by molar-refractivity contribution is 6.30. The molecule has 1 N–H and O–H groups in total. The van der Waals surface area contributed by atoms with Crippen LogP contribution >= 0.6 is 11.6 Å². The average molecular weight is 439 g/mol. The molecule has 0 radical (unpaired) electrons. The minimum Gasteiger partial charge on any atom is -0.389 e. The Balaban J connectivity index is 1.25. The lowest BCUT2D eigenvalue weighted by atomic mass is 9.86. The quantitative estimate of drug-likeness (QED) is 0.590. The lowest BCUT2D eigenvalue weighted by Crippen LogP contribution is -2.30. The standard InChI is InChI=1S/C25H24ClFN2O2/c26-18-1-3-20(29-14-18)10-21(30)13-25(31)11-16-7-15(8-17(16)12-25)22-5-6-28-24-4-2-19(27)9-23(22)24/h1-6,9,14-17,31H,7-8,10-13H2/t15?,16-,17+,25?. The second kappa shape index (κ2) is 7.95. The third-order valence-corrected chi connectivity index (χ3v) is 7.22. The molecule has 0 aliphatic heterocycles. The first-order valence-corrected chi connectivity index (χ1v) is 11.1. The summed E-state index contributed by atoms with van der Waals surface area (Å²) >= 11 is 5.85. The number of aliphatic hydroxyl groups is 1. The maximum Gasteiger partial charge on any atom is 0.141 e. The van der Waals surface area contributed by atoms with E-state index in [1.54, 1.807) is 30.5 Å². The molecule has 0 saturated heterocycles. The van der Waals surface area contributed by atoms with Gasteiger partial charge < -0.3 is 5.11 Å². The number of fused-ring (bicyclic) bond motifs is 2. The first kappa shape index (κ1) is 20.5. The van der Waals surface area contributed by atoms with E-state index < -0.39 is 5.60 Å². The number of Topliss-reactive ketones (excluding diaryl/α,β-unsaturated/α-hetero) is 1.